The Morgan fingerprint density at radius 3 is 2.38 bits per heavy atom. The lowest BCUT2D eigenvalue weighted by Gasteiger charge is -2.23. The summed E-state index contributed by atoms with van der Waals surface area (Å²) in [6.45, 7) is 7.23. The molecule has 0 amide bonds. The molecule has 2 rings (SSSR count). The highest BCUT2D eigenvalue weighted by molar-refractivity contribution is 9.10. The van der Waals surface area contributed by atoms with Crippen LogP contribution in [0.15, 0.2) is 46.9 Å². The van der Waals surface area contributed by atoms with E-state index >= 15 is 0 Å². The van der Waals surface area contributed by atoms with Gasteiger partial charge >= 0.3 is 0 Å². The van der Waals surface area contributed by atoms with Crippen LogP contribution in [0.3, 0.4) is 0 Å². The Bertz CT molecular complexity index is 588. The van der Waals surface area contributed by atoms with Crippen molar-refractivity contribution < 1.29 is 0 Å². The Morgan fingerprint density at radius 2 is 1.76 bits per heavy atom. The standard InChI is InChI=1S/C17H22BrN3/c1-17(2,3)20-15-6-5-7-16(19-15)21(4)12-13-8-10-14(18)11-9-13/h5-11H,12H2,1-4H3,(H,19,20). The molecule has 0 saturated heterocycles. The molecule has 4 heteroatoms. The zero-order chi connectivity index (χ0) is 15.5. The first kappa shape index (κ1) is 15.8. The van der Waals surface area contributed by atoms with Crippen LogP contribution in [0.25, 0.3) is 0 Å². The molecule has 0 saturated carbocycles. The maximum absolute atomic E-state index is 4.68. The van der Waals surface area contributed by atoms with Gasteiger partial charge in [0.05, 0.1) is 0 Å². The summed E-state index contributed by atoms with van der Waals surface area (Å²) in [6, 6.07) is 14.4. The number of halogens is 1. The van der Waals surface area contributed by atoms with E-state index < -0.39 is 0 Å². The van der Waals surface area contributed by atoms with Gasteiger partial charge in [-0.3, -0.25) is 0 Å². The van der Waals surface area contributed by atoms with Gasteiger partial charge < -0.3 is 10.2 Å². The molecular formula is C17H22BrN3. The summed E-state index contributed by atoms with van der Waals surface area (Å²) in [7, 11) is 2.06. The van der Waals surface area contributed by atoms with Crippen LogP contribution < -0.4 is 10.2 Å². The Balaban J connectivity index is 2.10. The third-order valence-corrected chi connectivity index (χ3v) is 3.49. The quantitative estimate of drug-likeness (QED) is 0.869. The summed E-state index contributed by atoms with van der Waals surface area (Å²) in [4.78, 5) is 6.83. The van der Waals surface area contributed by atoms with E-state index in [0.717, 1.165) is 22.7 Å². The zero-order valence-corrected chi connectivity index (χ0v) is 14.6. The van der Waals surface area contributed by atoms with Crippen molar-refractivity contribution in [2.75, 3.05) is 17.3 Å². The second-order valence-electron chi connectivity index (χ2n) is 6.24. The van der Waals surface area contributed by atoms with E-state index in [2.05, 4.69) is 83.2 Å². The van der Waals surface area contributed by atoms with Crippen LogP contribution in [-0.2, 0) is 6.54 Å². The number of anilines is 2. The first-order valence-electron chi connectivity index (χ1n) is 7.04. The number of aromatic nitrogens is 1. The molecule has 112 valence electrons. The van der Waals surface area contributed by atoms with Crippen LogP contribution in [0.5, 0.6) is 0 Å². The van der Waals surface area contributed by atoms with Gasteiger partial charge in [-0.1, -0.05) is 34.1 Å². The predicted molar refractivity (Wildman–Crippen MR) is 93.9 cm³/mol. The van der Waals surface area contributed by atoms with Gasteiger partial charge in [-0.2, -0.15) is 0 Å². The van der Waals surface area contributed by atoms with Crippen molar-refractivity contribution in [2.24, 2.45) is 0 Å². The molecular weight excluding hydrogens is 326 g/mol. The van der Waals surface area contributed by atoms with Crippen LogP contribution in [-0.4, -0.2) is 17.6 Å². The zero-order valence-electron chi connectivity index (χ0n) is 13.0. The molecule has 0 atom stereocenters. The molecule has 0 unspecified atom stereocenters. The monoisotopic (exact) mass is 347 g/mol. The van der Waals surface area contributed by atoms with Crippen molar-refractivity contribution in [1.29, 1.82) is 0 Å². The minimum Gasteiger partial charge on any atom is -0.365 e. The maximum atomic E-state index is 4.68. The molecule has 0 radical (unpaired) electrons. The Hall–Kier alpha value is -1.55. The van der Waals surface area contributed by atoms with E-state index in [4.69, 9.17) is 0 Å². The van der Waals surface area contributed by atoms with Gasteiger partial charge in [0.1, 0.15) is 11.6 Å². The third-order valence-electron chi connectivity index (χ3n) is 2.96. The van der Waals surface area contributed by atoms with E-state index in [1.807, 2.05) is 18.2 Å². The first-order valence-corrected chi connectivity index (χ1v) is 7.84. The van der Waals surface area contributed by atoms with E-state index in [1.165, 1.54) is 5.56 Å². The van der Waals surface area contributed by atoms with E-state index in [9.17, 15) is 0 Å². The Labute approximate surface area is 135 Å². The summed E-state index contributed by atoms with van der Waals surface area (Å²) >= 11 is 3.46. The van der Waals surface area contributed by atoms with E-state index in [-0.39, 0.29) is 5.54 Å². The summed E-state index contributed by atoms with van der Waals surface area (Å²) < 4.78 is 1.10. The number of hydrogen-bond donors (Lipinski definition) is 1. The molecule has 2 aromatic rings. The molecule has 0 fully saturated rings. The molecule has 0 bridgehead atoms. The molecule has 0 aliphatic carbocycles. The topological polar surface area (TPSA) is 28.2 Å². The van der Waals surface area contributed by atoms with Crippen LogP contribution in [0, 0.1) is 0 Å². The summed E-state index contributed by atoms with van der Waals surface area (Å²) in [5, 5.41) is 3.40. The number of rotatable bonds is 4. The van der Waals surface area contributed by atoms with Crippen LogP contribution >= 0.6 is 15.9 Å². The number of hydrogen-bond acceptors (Lipinski definition) is 3. The SMILES string of the molecule is CN(Cc1ccc(Br)cc1)c1cccc(NC(C)(C)C)n1. The molecule has 1 aromatic carbocycles. The van der Waals surface area contributed by atoms with E-state index in [0.29, 0.717) is 0 Å². The maximum Gasteiger partial charge on any atom is 0.130 e. The van der Waals surface area contributed by atoms with Gasteiger partial charge in [-0.15, -0.1) is 0 Å². The molecule has 0 aliphatic heterocycles. The Kier molecular flexibility index (Phi) is 4.88. The summed E-state index contributed by atoms with van der Waals surface area (Å²) in [6.07, 6.45) is 0. The largest absolute Gasteiger partial charge is 0.365 e. The van der Waals surface area contributed by atoms with Crippen LogP contribution in [0.4, 0.5) is 11.6 Å². The number of pyridine rings is 1. The second-order valence-corrected chi connectivity index (χ2v) is 7.15. The van der Waals surface area contributed by atoms with Crippen molar-refractivity contribution in [1.82, 2.24) is 4.98 Å². The van der Waals surface area contributed by atoms with Crippen molar-refractivity contribution in [3.63, 3.8) is 0 Å². The molecule has 0 spiro atoms. The highest BCUT2D eigenvalue weighted by Crippen LogP contribution is 2.19. The molecule has 1 aromatic heterocycles. The van der Waals surface area contributed by atoms with Crippen molar-refractivity contribution in [3.05, 3.63) is 52.5 Å². The molecule has 21 heavy (non-hydrogen) atoms. The van der Waals surface area contributed by atoms with Gasteiger partial charge in [-0.05, 0) is 50.6 Å². The molecule has 1 heterocycles. The predicted octanol–water partition coefficient (Wildman–Crippen LogP) is 4.69. The first-order chi connectivity index (χ1) is 9.83. The van der Waals surface area contributed by atoms with Crippen LogP contribution in [0.1, 0.15) is 26.3 Å². The van der Waals surface area contributed by atoms with Gasteiger partial charge in [0, 0.05) is 23.6 Å². The minimum absolute atomic E-state index is 0.00982. The average molecular weight is 348 g/mol. The van der Waals surface area contributed by atoms with Crippen molar-refractivity contribution >= 4 is 27.6 Å². The second kappa shape index (κ2) is 6.48. The van der Waals surface area contributed by atoms with Gasteiger partial charge in [0.2, 0.25) is 0 Å². The molecule has 1 N–H and O–H groups in total. The third kappa shape index (κ3) is 5.05. The highest BCUT2D eigenvalue weighted by Gasteiger charge is 2.11. The lowest BCUT2D eigenvalue weighted by Crippen LogP contribution is -2.27. The fraction of sp³-hybridized carbons (Fsp3) is 0.353. The number of nitrogens with one attached hydrogen (secondary N) is 1. The Morgan fingerprint density at radius 1 is 1.10 bits per heavy atom. The van der Waals surface area contributed by atoms with E-state index in [1.54, 1.807) is 0 Å². The average Bonchev–Trinajstić information content (AvgIpc) is 2.40. The van der Waals surface area contributed by atoms with Crippen LogP contribution in [0.2, 0.25) is 0 Å². The minimum atomic E-state index is 0.00982. The molecule has 3 nitrogen and oxygen atoms in total. The van der Waals surface area contributed by atoms with Gasteiger partial charge in [0.25, 0.3) is 0 Å². The number of benzene rings is 1. The van der Waals surface area contributed by atoms with Crippen molar-refractivity contribution in [2.45, 2.75) is 32.9 Å². The normalized spacial score (nSPS) is 11.3. The lowest BCUT2D eigenvalue weighted by atomic mass is 10.1. The van der Waals surface area contributed by atoms with Crippen molar-refractivity contribution in [3.8, 4) is 0 Å². The number of nitrogens with zero attached hydrogens (tertiary/aromatic N) is 2. The lowest BCUT2D eigenvalue weighted by molar-refractivity contribution is 0.630. The fourth-order valence-electron chi connectivity index (χ4n) is 2.03. The smallest absolute Gasteiger partial charge is 0.130 e. The highest BCUT2D eigenvalue weighted by atomic mass is 79.9. The fourth-order valence-corrected chi connectivity index (χ4v) is 2.30. The molecule has 0 aliphatic rings. The van der Waals surface area contributed by atoms with Gasteiger partial charge in [-0.25, -0.2) is 4.98 Å². The summed E-state index contributed by atoms with van der Waals surface area (Å²) in [5.41, 5.74) is 1.27. The van der Waals surface area contributed by atoms with Gasteiger partial charge in [0.15, 0.2) is 0 Å². The summed E-state index contributed by atoms with van der Waals surface area (Å²) in [5.74, 6) is 1.87.